The number of fused-ring (bicyclic) bond motifs is 3. The number of rotatable bonds is 2. The first-order chi connectivity index (χ1) is 12.1. The van der Waals surface area contributed by atoms with E-state index in [4.69, 9.17) is 9.15 Å². The molecule has 3 heterocycles. The highest BCUT2D eigenvalue weighted by Crippen LogP contribution is 2.34. The van der Waals surface area contributed by atoms with Gasteiger partial charge in [-0.1, -0.05) is 13.0 Å². The fraction of sp³-hybridized carbons (Fsp3) is 0.300. The van der Waals surface area contributed by atoms with Crippen molar-refractivity contribution in [2.45, 2.75) is 33.7 Å². The van der Waals surface area contributed by atoms with Crippen LogP contribution in [0.15, 0.2) is 39.5 Å². The SMILES string of the molecule is CCc1c(C)c2ccc3c(c2oc1=O)CN(c1cccc(C)n1)CO3. The largest absolute Gasteiger partial charge is 0.473 e. The Morgan fingerprint density at radius 2 is 2.04 bits per heavy atom. The summed E-state index contributed by atoms with van der Waals surface area (Å²) in [5, 5.41) is 0.970. The summed E-state index contributed by atoms with van der Waals surface area (Å²) >= 11 is 0. The van der Waals surface area contributed by atoms with Crippen LogP contribution in [0.25, 0.3) is 11.0 Å². The van der Waals surface area contributed by atoms with Gasteiger partial charge in [0.15, 0.2) is 6.73 Å². The van der Waals surface area contributed by atoms with Crippen molar-refractivity contribution in [1.82, 2.24) is 4.98 Å². The second-order valence-electron chi connectivity index (χ2n) is 6.37. The Morgan fingerprint density at radius 1 is 1.20 bits per heavy atom. The van der Waals surface area contributed by atoms with Gasteiger partial charge in [0.1, 0.15) is 17.2 Å². The molecule has 1 aliphatic heterocycles. The predicted molar refractivity (Wildman–Crippen MR) is 97.3 cm³/mol. The number of hydrogen-bond donors (Lipinski definition) is 0. The molecule has 0 spiro atoms. The summed E-state index contributed by atoms with van der Waals surface area (Å²) in [5.74, 6) is 1.62. The lowest BCUT2D eigenvalue weighted by Gasteiger charge is -2.30. The minimum Gasteiger partial charge on any atom is -0.473 e. The molecule has 0 fully saturated rings. The minimum atomic E-state index is -0.258. The van der Waals surface area contributed by atoms with Gasteiger partial charge in [0.05, 0.1) is 12.1 Å². The first kappa shape index (κ1) is 15.7. The van der Waals surface area contributed by atoms with Gasteiger partial charge in [0.25, 0.3) is 0 Å². The lowest BCUT2D eigenvalue weighted by Crippen LogP contribution is -2.32. The lowest BCUT2D eigenvalue weighted by molar-refractivity contribution is 0.288. The van der Waals surface area contributed by atoms with Crippen molar-refractivity contribution in [1.29, 1.82) is 0 Å². The summed E-state index contributed by atoms with van der Waals surface area (Å²) in [6, 6.07) is 9.85. The summed E-state index contributed by atoms with van der Waals surface area (Å²) in [4.78, 5) is 18.9. The first-order valence-corrected chi connectivity index (χ1v) is 8.48. The van der Waals surface area contributed by atoms with Crippen LogP contribution in [0.3, 0.4) is 0 Å². The zero-order valence-corrected chi connectivity index (χ0v) is 14.6. The van der Waals surface area contributed by atoms with Gasteiger partial charge in [-0.05, 0) is 50.1 Å². The molecular weight excluding hydrogens is 316 g/mol. The molecule has 1 aliphatic rings. The normalized spacial score (nSPS) is 13.6. The smallest absolute Gasteiger partial charge is 0.339 e. The number of nitrogens with zero attached hydrogens (tertiary/aromatic N) is 2. The third kappa shape index (κ3) is 2.56. The summed E-state index contributed by atoms with van der Waals surface area (Å²) in [7, 11) is 0. The first-order valence-electron chi connectivity index (χ1n) is 8.48. The second kappa shape index (κ2) is 5.92. The lowest BCUT2D eigenvalue weighted by atomic mass is 10.0. The standard InChI is InChI=1S/C20H20N2O3/c1-4-14-13(3)15-8-9-17-16(19(15)25-20(14)23)10-22(11-24-17)18-7-5-6-12(2)21-18/h5-9H,4,10-11H2,1-3H3. The fourth-order valence-corrected chi connectivity index (χ4v) is 3.42. The van der Waals surface area contributed by atoms with E-state index < -0.39 is 0 Å². The molecule has 0 aliphatic carbocycles. The van der Waals surface area contributed by atoms with Gasteiger partial charge in [-0.2, -0.15) is 0 Å². The average Bonchev–Trinajstić information content (AvgIpc) is 2.61. The Kier molecular flexibility index (Phi) is 3.71. The average molecular weight is 336 g/mol. The van der Waals surface area contributed by atoms with E-state index in [9.17, 15) is 4.79 Å². The van der Waals surface area contributed by atoms with Crippen LogP contribution in [0.5, 0.6) is 5.75 Å². The molecule has 2 aromatic heterocycles. The molecule has 0 bridgehead atoms. The molecule has 0 radical (unpaired) electrons. The van der Waals surface area contributed by atoms with Crippen LogP contribution >= 0.6 is 0 Å². The van der Waals surface area contributed by atoms with Gasteiger partial charge in [-0.3, -0.25) is 0 Å². The number of aromatic nitrogens is 1. The summed E-state index contributed by atoms with van der Waals surface area (Å²) < 4.78 is 11.6. The number of aryl methyl sites for hydroxylation is 2. The number of benzene rings is 1. The Balaban J connectivity index is 1.86. The van der Waals surface area contributed by atoms with Crippen LogP contribution in [-0.4, -0.2) is 11.7 Å². The zero-order chi connectivity index (χ0) is 17.6. The highest BCUT2D eigenvalue weighted by atomic mass is 16.5. The molecular formula is C20H20N2O3. The van der Waals surface area contributed by atoms with Crippen LogP contribution in [-0.2, 0) is 13.0 Å². The van der Waals surface area contributed by atoms with E-state index in [-0.39, 0.29) is 5.63 Å². The zero-order valence-electron chi connectivity index (χ0n) is 14.6. The maximum Gasteiger partial charge on any atom is 0.339 e. The van der Waals surface area contributed by atoms with Gasteiger partial charge in [0.2, 0.25) is 0 Å². The number of pyridine rings is 1. The number of hydrogen-bond acceptors (Lipinski definition) is 5. The second-order valence-corrected chi connectivity index (χ2v) is 6.37. The molecule has 1 aromatic carbocycles. The Morgan fingerprint density at radius 3 is 2.80 bits per heavy atom. The van der Waals surface area contributed by atoms with Crippen molar-refractivity contribution < 1.29 is 9.15 Å². The summed E-state index contributed by atoms with van der Waals surface area (Å²) in [5.41, 5.74) is 3.94. The number of anilines is 1. The molecule has 5 nitrogen and oxygen atoms in total. The summed E-state index contributed by atoms with van der Waals surface area (Å²) in [6.45, 7) is 6.93. The van der Waals surface area contributed by atoms with Gasteiger partial charge in [-0.15, -0.1) is 0 Å². The van der Waals surface area contributed by atoms with E-state index in [1.165, 1.54) is 0 Å². The Hall–Kier alpha value is -2.82. The van der Waals surface area contributed by atoms with Crippen molar-refractivity contribution in [3.05, 3.63) is 63.1 Å². The summed E-state index contributed by atoms with van der Waals surface area (Å²) in [6.07, 6.45) is 0.664. The van der Waals surface area contributed by atoms with E-state index in [1.54, 1.807) is 0 Å². The van der Waals surface area contributed by atoms with Crippen molar-refractivity contribution >= 4 is 16.8 Å². The molecule has 0 saturated carbocycles. The van der Waals surface area contributed by atoms with Crippen LogP contribution in [0.2, 0.25) is 0 Å². The monoisotopic (exact) mass is 336 g/mol. The minimum absolute atomic E-state index is 0.258. The Labute approximate surface area is 145 Å². The van der Waals surface area contributed by atoms with Gasteiger partial charge < -0.3 is 14.1 Å². The highest BCUT2D eigenvalue weighted by Gasteiger charge is 2.23. The third-order valence-corrected chi connectivity index (χ3v) is 4.79. The van der Waals surface area contributed by atoms with E-state index in [0.717, 1.165) is 39.3 Å². The van der Waals surface area contributed by atoms with Gasteiger partial charge in [-0.25, -0.2) is 9.78 Å². The van der Waals surface area contributed by atoms with Crippen LogP contribution in [0, 0.1) is 13.8 Å². The molecule has 25 heavy (non-hydrogen) atoms. The van der Waals surface area contributed by atoms with Crippen molar-refractivity contribution in [2.75, 3.05) is 11.6 Å². The maximum absolute atomic E-state index is 12.3. The van der Waals surface area contributed by atoms with Crippen LogP contribution < -0.4 is 15.3 Å². The van der Waals surface area contributed by atoms with E-state index in [2.05, 4.69) is 4.98 Å². The molecule has 0 atom stereocenters. The highest BCUT2D eigenvalue weighted by molar-refractivity contribution is 5.86. The van der Waals surface area contributed by atoms with Gasteiger partial charge in [0, 0.05) is 16.6 Å². The predicted octanol–water partition coefficient (Wildman–Crippen LogP) is 3.72. The van der Waals surface area contributed by atoms with Crippen LogP contribution in [0.1, 0.15) is 29.3 Å². The van der Waals surface area contributed by atoms with Gasteiger partial charge >= 0.3 is 5.63 Å². The van der Waals surface area contributed by atoms with Crippen molar-refractivity contribution in [3.8, 4) is 5.75 Å². The van der Waals surface area contributed by atoms with E-state index >= 15 is 0 Å². The molecule has 0 N–H and O–H groups in total. The quantitative estimate of drug-likeness (QED) is 0.668. The molecule has 3 aromatic rings. The molecule has 128 valence electrons. The topological polar surface area (TPSA) is 55.6 Å². The van der Waals surface area contributed by atoms with Crippen molar-refractivity contribution in [3.63, 3.8) is 0 Å². The molecule has 5 heteroatoms. The molecule has 0 saturated heterocycles. The van der Waals surface area contributed by atoms with Crippen LogP contribution in [0.4, 0.5) is 5.82 Å². The third-order valence-electron chi connectivity index (χ3n) is 4.79. The Bertz CT molecular complexity index is 1020. The number of ether oxygens (including phenoxy) is 1. The van der Waals surface area contributed by atoms with Crippen molar-refractivity contribution in [2.24, 2.45) is 0 Å². The maximum atomic E-state index is 12.3. The molecule has 4 rings (SSSR count). The molecule has 0 unspecified atom stereocenters. The van der Waals surface area contributed by atoms with E-state index in [1.807, 2.05) is 56.0 Å². The fourth-order valence-electron chi connectivity index (χ4n) is 3.42. The van der Waals surface area contributed by atoms with E-state index in [0.29, 0.717) is 25.3 Å². The molecule has 0 amide bonds.